The van der Waals surface area contributed by atoms with Crippen LogP contribution in [0.2, 0.25) is 5.02 Å². The zero-order valence-electron chi connectivity index (χ0n) is 20.3. The van der Waals surface area contributed by atoms with Crippen LogP contribution in [-0.4, -0.2) is 39.5 Å². The van der Waals surface area contributed by atoms with Gasteiger partial charge in [-0.1, -0.05) is 23.7 Å². The lowest BCUT2D eigenvalue weighted by atomic mass is 9.97. The summed E-state index contributed by atoms with van der Waals surface area (Å²) in [6.07, 6.45) is 3.02. The average molecular weight is 581 g/mol. The molecule has 4 aromatic rings. The molecular formula is C27H22Cl2N6O3S. The Bertz CT molecular complexity index is 1590. The number of nitrogens with two attached hydrogens (primary N) is 1. The summed E-state index contributed by atoms with van der Waals surface area (Å²) in [6.45, 7) is 0.678. The summed E-state index contributed by atoms with van der Waals surface area (Å²) in [7, 11) is 0. The number of nitrogens with zero attached hydrogens (tertiary/aromatic N) is 4. The van der Waals surface area contributed by atoms with E-state index >= 15 is 0 Å². The van der Waals surface area contributed by atoms with Gasteiger partial charge in [0.1, 0.15) is 23.4 Å². The second-order valence-corrected chi connectivity index (χ2v) is 9.98. The van der Waals surface area contributed by atoms with Gasteiger partial charge in [-0.15, -0.1) is 23.7 Å². The number of pyridine rings is 1. The first kappa shape index (κ1) is 27.9. The predicted molar refractivity (Wildman–Crippen MR) is 153 cm³/mol. The van der Waals surface area contributed by atoms with Gasteiger partial charge in [-0.25, -0.2) is 9.97 Å². The number of nitriles is 1. The van der Waals surface area contributed by atoms with Crippen LogP contribution < -0.4 is 16.0 Å². The van der Waals surface area contributed by atoms with Crippen molar-refractivity contribution in [2.75, 3.05) is 16.8 Å². The van der Waals surface area contributed by atoms with E-state index < -0.39 is 11.9 Å². The topological polar surface area (TPSA) is 145 Å². The van der Waals surface area contributed by atoms with E-state index in [1.165, 1.54) is 12.3 Å². The van der Waals surface area contributed by atoms with E-state index in [-0.39, 0.29) is 40.5 Å². The molecule has 1 aliphatic heterocycles. The minimum atomic E-state index is -0.512. The number of anilines is 2. The molecule has 0 saturated carbocycles. The lowest BCUT2D eigenvalue weighted by Gasteiger charge is -2.25. The van der Waals surface area contributed by atoms with Crippen molar-refractivity contribution in [3.05, 3.63) is 75.7 Å². The zero-order valence-corrected chi connectivity index (χ0v) is 22.7. The number of phenolic OH excluding ortho intramolecular Hbond substituents is 1. The third kappa shape index (κ3) is 5.66. The van der Waals surface area contributed by atoms with Crippen LogP contribution >= 0.6 is 35.3 Å². The molecule has 5 rings (SSSR count). The van der Waals surface area contributed by atoms with E-state index in [1.807, 2.05) is 29.2 Å². The summed E-state index contributed by atoms with van der Waals surface area (Å²) in [5.41, 5.74) is 8.39. The molecule has 0 bridgehead atoms. The number of benzene rings is 2. The molecule has 9 nitrogen and oxygen atoms in total. The second kappa shape index (κ2) is 11.7. The smallest absolute Gasteiger partial charge is 0.285 e. The number of amides is 2. The van der Waals surface area contributed by atoms with E-state index in [9.17, 15) is 20.0 Å². The Balaban J connectivity index is 0.00000353. The van der Waals surface area contributed by atoms with Gasteiger partial charge in [0.05, 0.1) is 5.69 Å². The summed E-state index contributed by atoms with van der Waals surface area (Å²) in [5.74, 6) is -0.978. The minimum Gasteiger partial charge on any atom is -0.507 e. The van der Waals surface area contributed by atoms with Crippen molar-refractivity contribution in [2.24, 2.45) is 5.73 Å². The molecule has 0 unspecified atom stereocenters. The van der Waals surface area contributed by atoms with Crippen LogP contribution in [0, 0.1) is 11.3 Å². The lowest BCUT2D eigenvalue weighted by molar-refractivity contribution is -0.119. The highest BCUT2D eigenvalue weighted by Gasteiger charge is 2.29. The van der Waals surface area contributed by atoms with Crippen molar-refractivity contribution in [2.45, 2.75) is 18.9 Å². The van der Waals surface area contributed by atoms with Crippen LogP contribution in [0.4, 0.5) is 11.5 Å². The average Bonchev–Trinajstić information content (AvgIpc) is 3.61. The first-order valence-electron chi connectivity index (χ1n) is 11.7. The molecule has 2 amide bonds. The van der Waals surface area contributed by atoms with Crippen molar-refractivity contribution < 1.29 is 14.7 Å². The van der Waals surface area contributed by atoms with Gasteiger partial charge in [-0.3, -0.25) is 9.59 Å². The highest BCUT2D eigenvalue weighted by molar-refractivity contribution is 7.11. The fraction of sp³-hybridized carbons (Fsp3) is 0.148. The molecule has 4 N–H and O–H groups in total. The molecule has 1 fully saturated rings. The van der Waals surface area contributed by atoms with Gasteiger partial charge < -0.3 is 21.1 Å². The first-order valence-corrected chi connectivity index (χ1v) is 12.9. The number of nitrogens with one attached hydrogen (secondary N) is 1. The molecule has 0 aliphatic carbocycles. The summed E-state index contributed by atoms with van der Waals surface area (Å²) >= 11 is 7.18. The Kier molecular flexibility index (Phi) is 8.35. The monoisotopic (exact) mass is 580 g/mol. The number of aromatic hydroxyl groups is 1. The molecule has 0 radical (unpaired) electrons. The van der Waals surface area contributed by atoms with Crippen LogP contribution in [-0.2, 0) is 4.79 Å². The zero-order chi connectivity index (χ0) is 26.8. The van der Waals surface area contributed by atoms with E-state index in [2.05, 4.69) is 21.4 Å². The maximum atomic E-state index is 12.8. The summed E-state index contributed by atoms with van der Waals surface area (Å²) in [4.78, 5) is 35.3. The Labute approximate surface area is 239 Å². The molecule has 3 heterocycles. The maximum Gasteiger partial charge on any atom is 0.285 e. The van der Waals surface area contributed by atoms with Crippen LogP contribution in [0.5, 0.6) is 5.75 Å². The molecule has 0 spiro atoms. The number of aromatic nitrogens is 2. The second-order valence-electron chi connectivity index (χ2n) is 8.65. The molecule has 1 aliphatic rings. The highest BCUT2D eigenvalue weighted by atomic mass is 35.5. The third-order valence-corrected chi connectivity index (χ3v) is 7.30. The molecule has 39 heavy (non-hydrogen) atoms. The minimum absolute atomic E-state index is 0. The van der Waals surface area contributed by atoms with Crippen LogP contribution in [0.15, 0.2) is 60.1 Å². The van der Waals surface area contributed by atoms with E-state index in [0.717, 1.165) is 23.4 Å². The number of hydrogen-bond acceptors (Lipinski definition) is 8. The highest BCUT2D eigenvalue weighted by Crippen LogP contribution is 2.38. The molecular weight excluding hydrogens is 559 g/mol. The largest absolute Gasteiger partial charge is 0.507 e. The molecule has 2 aromatic carbocycles. The molecule has 1 saturated heterocycles. The normalized spacial score (nSPS) is 14.4. The summed E-state index contributed by atoms with van der Waals surface area (Å²) in [6, 6.07) is 15.5. The summed E-state index contributed by atoms with van der Waals surface area (Å²) in [5, 5.41) is 25.7. The van der Waals surface area contributed by atoms with Crippen molar-refractivity contribution in [1.82, 2.24) is 9.97 Å². The molecule has 198 valence electrons. The Morgan fingerprint density at radius 3 is 2.72 bits per heavy atom. The van der Waals surface area contributed by atoms with Gasteiger partial charge in [0.15, 0.2) is 10.8 Å². The Morgan fingerprint density at radius 2 is 2.03 bits per heavy atom. The van der Waals surface area contributed by atoms with Crippen LogP contribution in [0.1, 0.15) is 28.2 Å². The fourth-order valence-electron chi connectivity index (χ4n) is 4.56. The van der Waals surface area contributed by atoms with Crippen LogP contribution in [0.3, 0.4) is 0 Å². The third-order valence-electron chi connectivity index (χ3n) is 6.30. The van der Waals surface area contributed by atoms with Crippen LogP contribution in [0.25, 0.3) is 22.4 Å². The van der Waals surface area contributed by atoms with Gasteiger partial charge in [0.2, 0.25) is 5.91 Å². The lowest BCUT2D eigenvalue weighted by Crippen LogP contribution is -2.40. The van der Waals surface area contributed by atoms with E-state index in [0.29, 0.717) is 40.4 Å². The van der Waals surface area contributed by atoms with Gasteiger partial charge in [0, 0.05) is 40.0 Å². The SMILES string of the molecule is Cl.N#Cc1c(-c2cccc(N3CCC[C@@H]3C(N)=O)c2)cc(-c2ccc(Cl)cc2O)nc1NC(=O)c1nccs1. The number of thiazole rings is 1. The molecule has 12 heteroatoms. The number of hydrogen-bond donors (Lipinski definition) is 3. The van der Waals surface area contributed by atoms with Gasteiger partial charge in [-0.05, 0) is 54.8 Å². The predicted octanol–water partition coefficient (Wildman–Crippen LogP) is 5.23. The maximum absolute atomic E-state index is 12.8. The van der Waals surface area contributed by atoms with Crippen molar-refractivity contribution >= 4 is 58.7 Å². The van der Waals surface area contributed by atoms with Gasteiger partial charge >= 0.3 is 0 Å². The number of carbonyl (C=O) groups is 2. The van der Waals surface area contributed by atoms with Crippen molar-refractivity contribution in [3.63, 3.8) is 0 Å². The molecule has 1 atom stereocenters. The summed E-state index contributed by atoms with van der Waals surface area (Å²) < 4.78 is 0. The number of halogens is 2. The number of carbonyl (C=O) groups excluding carboxylic acids is 2. The Hall–Kier alpha value is -4.17. The molecule has 2 aromatic heterocycles. The number of primary amides is 1. The Morgan fingerprint density at radius 1 is 1.21 bits per heavy atom. The first-order chi connectivity index (χ1) is 18.4. The van der Waals surface area contributed by atoms with Crippen molar-refractivity contribution in [1.29, 1.82) is 5.26 Å². The number of phenols is 1. The fourth-order valence-corrected chi connectivity index (χ4v) is 5.25. The van der Waals surface area contributed by atoms with Gasteiger partial charge in [-0.2, -0.15) is 5.26 Å². The quantitative estimate of drug-likeness (QED) is 0.283. The standard InChI is InChI=1S/C27H21ClN6O3S.ClH/c28-16-6-7-18(23(35)12-16)21-13-19(20(14-29)25(32-21)33-26(37)27-31-8-10-38-27)15-3-1-4-17(11-15)34-9-2-5-22(34)24(30)36;/h1,3-4,6-8,10-13,22,35H,2,5,9H2,(H2,30,36)(H,32,33,37);1H/t22-;/m1./s1. The number of rotatable bonds is 6. The van der Waals surface area contributed by atoms with E-state index in [4.69, 9.17) is 17.3 Å². The van der Waals surface area contributed by atoms with Gasteiger partial charge in [0.25, 0.3) is 5.91 Å². The van der Waals surface area contributed by atoms with Crippen molar-refractivity contribution in [3.8, 4) is 34.2 Å². The van der Waals surface area contributed by atoms with E-state index in [1.54, 1.807) is 23.6 Å².